The molecular weight excluding hydrogens is 223 g/mol. The van der Waals surface area contributed by atoms with Gasteiger partial charge in [0.25, 0.3) is 0 Å². The molecule has 0 aliphatic rings. The minimum absolute atomic E-state index is 0.141. The highest BCUT2D eigenvalue weighted by Gasteiger charge is 2.25. The van der Waals surface area contributed by atoms with Gasteiger partial charge in [-0.2, -0.15) is 18.2 Å². The Morgan fingerprint density at radius 2 is 2.06 bits per heavy atom. The first-order valence-corrected chi connectivity index (χ1v) is 5.04. The zero-order valence-electron chi connectivity index (χ0n) is 8.97. The van der Waals surface area contributed by atoms with Gasteiger partial charge in [-0.25, -0.2) is 0 Å². The zero-order chi connectivity index (χ0) is 12.0. The molecular formula is C9H14F3N3O. The summed E-state index contributed by atoms with van der Waals surface area (Å²) in [7, 11) is 0. The Hall–Kier alpha value is -1.11. The largest absolute Gasteiger partial charge is 0.389 e. The van der Waals surface area contributed by atoms with Crippen LogP contribution in [0.25, 0.3) is 0 Å². The van der Waals surface area contributed by atoms with Gasteiger partial charge < -0.3 is 9.84 Å². The van der Waals surface area contributed by atoms with Crippen LogP contribution in [0.3, 0.4) is 0 Å². The molecule has 0 spiro atoms. The van der Waals surface area contributed by atoms with E-state index in [0.717, 1.165) is 0 Å². The Morgan fingerprint density at radius 1 is 1.31 bits per heavy atom. The number of halogens is 3. The molecule has 0 bridgehead atoms. The van der Waals surface area contributed by atoms with E-state index in [1.165, 1.54) is 0 Å². The number of hydrogen-bond donors (Lipinski definition) is 1. The number of alkyl halides is 3. The van der Waals surface area contributed by atoms with Gasteiger partial charge in [0.1, 0.15) is 0 Å². The standard InChI is InChI=1S/C9H14F3N3O/c1-7-14-8(15-16-7)6-13-5-3-2-4-9(10,11)12/h13H,2-6H2,1H3. The van der Waals surface area contributed by atoms with E-state index in [2.05, 4.69) is 15.5 Å². The summed E-state index contributed by atoms with van der Waals surface area (Å²) in [6.45, 7) is 2.62. The smallest absolute Gasteiger partial charge is 0.340 e. The van der Waals surface area contributed by atoms with Crippen molar-refractivity contribution < 1.29 is 17.7 Å². The first-order chi connectivity index (χ1) is 7.47. The van der Waals surface area contributed by atoms with Crippen LogP contribution >= 0.6 is 0 Å². The number of hydrogen-bond acceptors (Lipinski definition) is 4. The van der Waals surface area contributed by atoms with Crippen LogP contribution in [0, 0.1) is 6.92 Å². The summed E-state index contributed by atoms with van der Waals surface area (Å²) in [4.78, 5) is 3.95. The fourth-order valence-electron chi connectivity index (χ4n) is 1.19. The Morgan fingerprint density at radius 3 is 2.62 bits per heavy atom. The van der Waals surface area contributed by atoms with E-state index < -0.39 is 12.6 Å². The molecule has 4 nitrogen and oxygen atoms in total. The highest BCUT2D eigenvalue weighted by molar-refractivity contribution is 4.82. The van der Waals surface area contributed by atoms with Crippen molar-refractivity contribution in [1.82, 2.24) is 15.5 Å². The lowest BCUT2D eigenvalue weighted by molar-refractivity contribution is -0.135. The van der Waals surface area contributed by atoms with Crippen molar-refractivity contribution in [2.75, 3.05) is 6.54 Å². The normalized spacial score (nSPS) is 12.0. The molecule has 0 amide bonds. The van der Waals surface area contributed by atoms with Crippen LogP contribution in [-0.2, 0) is 6.54 Å². The van der Waals surface area contributed by atoms with E-state index >= 15 is 0 Å². The lowest BCUT2D eigenvalue weighted by atomic mass is 10.2. The van der Waals surface area contributed by atoms with E-state index in [4.69, 9.17) is 4.52 Å². The molecule has 0 fully saturated rings. The third-order valence-electron chi connectivity index (χ3n) is 1.92. The summed E-state index contributed by atoms with van der Waals surface area (Å²) in [6.07, 6.45) is -4.15. The van der Waals surface area contributed by atoms with Crippen molar-refractivity contribution in [2.24, 2.45) is 0 Å². The maximum Gasteiger partial charge on any atom is 0.389 e. The SMILES string of the molecule is Cc1nc(CNCCCCC(F)(F)F)no1. The van der Waals surface area contributed by atoms with Gasteiger partial charge in [-0.3, -0.25) is 0 Å². The third kappa shape index (κ3) is 5.69. The van der Waals surface area contributed by atoms with Crippen molar-refractivity contribution in [3.63, 3.8) is 0 Å². The Bertz CT molecular complexity index is 311. The average Bonchev–Trinajstić information content (AvgIpc) is 2.56. The van der Waals surface area contributed by atoms with E-state index in [9.17, 15) is 13.2 Å². The van der Waals surface area contributed by atoms with Gasteiger partial charge in [-0.15, -0.1) is 0 Å². The first kappa shape index (κ1) is 13.0. The zero-order valence-corrected chi connectivity index (χ0v) is 8.97. The van der Waals surface area contributed by atoms with Crippen LogP contribution in [0.1, 0.15) is 31.0 Å². The molecule has 0 radical (unpaired) electrons. The number of aromatic nitrogens is 2. The Kier molecular flexibility index (Phi) is 4.72. The van der Waals surface area contributed by atoms with Crippen LogP contribution in [0.5, 0.6) is 0 Å². The molecule has 0 saturated heterocycles. The van der Waals surface area contributed by atoms with Gasteiger partial charge in [0.05, 0.1) is 6.54 Å². The van der Waals surface area contributed by atoms with Crippen LogP contribution in [0.4, 0.5) is 13.2 Å². The molecule has 0 aliphatic heterocycles. The minimum Gasteiger partial charge on any atom is -0.340 e. The molecule has 16 heavy (non-hydrogen) atoms. The summed E-state index contributed by atoms with van der Waals surface area (Å²) < 4.78 is 40.1. The first-order valence-electron chi connectivity index (χ1n) is 5.04. The summed E-state index contributed by atoms with van der Waals surface area (Å²) in [5, 5.41) is 6.59. The maximum absolute atomic E-state index is 11.8. The number of rotatable bonds is 6. The second-order valence-electron chi connectivity index (χ2n) is 3.48. The van der Waals surface area contributed by atoms with Gasteiger partial charge in [0.15, 0.2) is 5.82 Å². The molecule has 0 aliphatic carbocycles. The van der Waals surface area contributed by atoms with Gasteiger partial charge in [0.2, 0.25) is 5.89 Å². The molecule has 1 rings (SSSR count). The highest BCUT2D eigenvalue weighted by Crippen LogP contribution is 2.21. The Labute approximate surface area is 91.2 Å². The summed E-state index contributed by atoms with van der Waals surface area (Å²) in [6, 6.07) is 0. The van der Waals surface area contributed by atoms with Gasteiger partial charge >= 0.3 is 6.18 Å². The molecule has 1 heterocycles. The van der Waals surface area contributed by atoms with Crippen molar-refractivity contribution >= 4 is 0 Å². The molecule has 92 valence electrons. The minimum atomic E-state index is -4.05. The van der Waals surface area contributed by atoms with Crippen molar-refractivity contribution in [2.45, 2.75) is 38.9 Å². The molecule has 0 atom stereocenters. The van der Waals surface area contributed by atoms with E-state index in [0.29, 0.717) is 31.2 Å². The van der Waals surface area contributed by atoms with Gasteiger partial charge in [-0.1, -0.05) is 5.16 Å². The van der Waals surface area contributed by atoms with E-state index in [1.807, 2.05) is 0 Å². The number of nitrogens with one attached hydrogen (secondary N) is 1. The second-order valence-corrected chi connectivity index (χ2v) is 3.48. The topological polar surface area (TPSA) is 51.0 Å². The molecule has 1 aromatic heterocycles. The second kappa shape index (κ2) is 5.83. The molecule has 1 N–H and O–H groups in total. The quantitative estimate of drug-likeness (QED) is 0.770. The summed E-state index contributed by atoms with van der Waals surface area (Å²) >= 11 is 0. The highest BCUT2D eigenvalue weighted by atomic mass is 19.4. The molecule has 0 aromatic carbocycles. The van der Waals surface area contributed by atoms with E-state index in [-0.39, 0.29) is 6.42 Å². The fraction of sp³-hybridized carbons (Fsp3) is 0.778. The van der Waals surface area contributed by atoms with Crippen molar-refractivity contribution in [1.29, 1.82) is 0 Å². The number of aryl methyl sites for hydroxylation is 1. The van der Waals surface area contributed by atoms with E-state index in [1.54, 1.807) is 6.92 Å². The van der Waals surface area contributed by atoms with Crippen molar-refractivity contribution in [3.8, 4) is 0 Å². The maximum atomic E-state index is 11.8. The molecule has 7 heteroatoms. The predicted molar refractivity (Wildman–Crippen MR) is 50.6 cm³/mol. The molecule has 0 saturated carbocycles. The lowest BCUT2D eigenvalue weighted by Crippen LogP contribution is -2.16. The summed E-state index contributed by atoms with van der Waals surface area (Å²) in [5.41, 5.74) is 0. The predicted octanol–water partition coefficient (Wildman–Crippen LogP) is 2.20. The summed E-state index contributed by atoms with van der Waals surface area (Å²) in [5.74, 6) is 1.00. The van der Waals surface area contributed by atoms with Gasteiger partial charge in [0, 0.05) is 13.3 Å². The number of nitrogens with zero attached hydrogens (tertiary/aromatic N) is 2. The van der Waals surface area contributed by atoms with Crippen LogP contribution in [-0.4, -0.2) is 22.9 Å². The average molecular weight is 237 g/mol. The van der Waals surface area contributed by atoms with Crippen LogP contribution < -0.4 is 5.32 Å². The third-order valence-corrected chi connectivity index (χ3v) is 1.92. The molecule has 0 unspecified atom stereocenters. The van der Waals surface area contributed by atoms with Crippen LogP contribution in [0.15, 0.2) is 4.52 Å². The lowest BCUT2D eigenvalue weighted by Gasteiger charge is -2.05. The van der Waals surface area contributed by atoms with Crippen LogP contribution in [0.2, 0.25) is 0 Å². The van der Waals surface area contributed by atoms with Crippen molar-refractivity contribution in [3.05, 3.63) is 11.7 Å². The van der Waals surface area contributed by atoms with Gasteiger partial charge in [-0.05, 0) is 19.4 Å². The Balaban J connectivity index is 2.00. The molecule has 1 aromatic rings. The monoisotopic (exact) mass is 237 g/mol. The fourth-order valence-corrected chi connectivity index (χ4v) is 1.19. The number of unbranched alkanes of at least 4 members (excludes halogenated alkanes) is 1.